The molecule has 1 fully saturated rings. The molecule has 1 amide bonds. The van der Waals surface area contributed by atoms with Crippen LogP contribution < -0.4 is 11.1 Å². The van der Waals surface area contributed by atoms with Crippen molar-refractivity contribution in [2.75, 3.05) is 5.73 Å². The van der Waals surface area contributed by atoms with E-state index < -0.39 is 0 Å². The summed E-state index contributed by atoms with van der Waals surface area (Å²) in [4.78, 5) is 16.8. The maximum atomic E-state index is 12.4. The van der Waals surface area contributed by atoms with Crippen molar-refractivity contribution in [2.45, 2.75) is 64.3 Å². The molecule has 1 heterocycles. The molecule has 0 atom stereocenters. The first-order chi connectivity index (χ1) is 9.26. The van der Waals surface area contributed by atoms with Crippen molar-refractivity contribution in [2.24, 2.45) is 0 Å². The molecule has 1 aliphatic rings. The average Bonchev–Trinajstić information content (AvgIpc) is 2.31. The second kappa shape index (κ2) is 5.08. The molecule has 0 bridgehead atoms. The minimum atomic E-state index is -0.122. The summed E-state index contributed by atoms with van der Waals surface area (Å²) in [5.41, 5.74) is 7.18. The number of nitrogen functional groups attached to an aromatic ring is 1. The fourth-order valence-electron chi connectivity index (χ4n) is 2.55. The van der Waals surface area contributed by atoms with Gasteiger partial charge in [-0.05, 0) is 37.8 Å². The second-order valence-corrected chi connectivity index (χ2v) is 6.86. The monoisotopic (exact) mass is 275 g/mol. The summed E-state index contributed by atoms with van der Waals surface area (Å²) in [6, 6.07) is 3.51. The molecule has 2 rings (SSSR count). The molecule has 0 aromatic carbocycles. The minimum absolute atomic E-state index is 0.00297. The van der Waals surface area contributed by atoms with Crippen LogP contribution in [0.25, 0.3) is 0 Å². The van der Waals surface area contributed by atoms with Crippen LogP contribution in [-0.4, -0.2) is 16.4 Å². The number of aromatic nitrogens is 1. The highest BCUT2D eigenvalue weighted by molar-refractivity contribution is 5.95. The smallest absolute Gasteiger partial charge is 0.251 e. The molecule has 0 spiro atoms. The predicted molar refractivity (Wildman–Crippen MR) is 81.7 cm³/mol. The Morgan fingerprint density at radius 1 is 1.40 bits per heavy atom. The quantitative estimate of drug-likeness (QED) is 0.891. The van der Waals surface area contributed by atoms with E-state index in [1.165, 1.54) is 6.42 Å². The summed E-state index contributed by atoms with van der Waals surface area (Å²) >= 11 is 0. The van der Waals surface area contributed by atoms with Gasteiger partial charge in [-0.2, -0.15) is 0 Å². The van der Waals surface area contributed by atoms with Crippen molar-refractivity contribution >= 4 is 11.7 Å². The van der Waals surface area contributed by atoms with Crippen molar-refractivity contribution in [3.63, 3.8) is 0 Å². The molecule has 1 aliphatic carbocycles. The van der Waals surface area contributed by atoms with Crippen molar-refractivity contribution in [3.05, 3.63) is 23.4 Å². The largest absolute Gasteiger partial charge is 0.384 e. The highest BCUT2D eigenvalue weighted by atomic mass is 16.1. The Bertz CT molecular complexity index is 507. The summed E-state index contributed by atoms with van der Waals surface area (Å²) in [6.45, 7) is 8.32. The Labute approximate surface area is 121 Å². The molecule has 20 heavy (non-hydrogen) atoms. The van der Waals surface area contributed by atoms with E-state index in [0.717, 1.165) is 25.0 Å². The molecular weight excluding hydrogens is 250 g/mol. The van der Waals surface area contributed by atoms with Crippen LogP contribution in [0, 0.1) is 0 Å². The summed E-state index contributed by atoms with van der Waals surface area (Å²) < 4.78 is 0. The van der Waals surface area contributed by atoms with Gasteiger partial charge in [-0.15, -0.1) is 0 Å². The molecule has 0 saturated heterocycles. The van der Waals surface area contributed by atoms with E-state index in [2.05, 4.69) is 38.0 Å². The van der Waals surface area contributed by atoms with Crippen LogP contribution in [0.3, 0.4) is 0 Å². The van der Waals surface area contributed by atoms with Gasteiger partial charge < -0.3 is 11.1 Å². The van der Waals surface area contributed by atoms with E-state index in [9.17, 15) is 4.79 Å². The van der Waals surface area contributed by atoms with Gasteiger partial charge in [-0.25, -0.2) is 4.98 Å². The molecule has 110 valence electrons. The van der Waals surface area contributed by atoms with Crippen molar-refractivity contribution in [1.29, 1.82) is 0 Å². The van der Waals surface area contributed by atoms with Gasteiger partial charge >= 0.3 is 0 Å². The highest BCUT2D eigenvalue weighted by Crippen LogP contribution is 2.35. The number of anilines is 1. The Kier molecular flexibility index (Phi) is 3.76. The Hall–Kier alpha value is -1.58. The van der Waals surface area contributed by atoms with Crippen molar-refractivity contribution < 1.29 is 4.79 Å². The number of hydrogen-bond donors (Lipinski definition) is 2. The zero-order valence-electron chi connectivity index (χ0n) is 12.9. The topological polar surface area (TPSA) is 68.0 Å². The van der Waals surface area contributed by atoms with E-state index in [1.807, 2.05) is 6.07 Å². The van der Waals surface area contributed by atoms with Crippen LogP contribution in [0.2, 0.25) is 0 Å². The Balaban J connectivity index is 2.24. The fourth-order valence-corrected chi connectivity index (χ4v) is 2.55. The minimum Gasteiger partial charge on any atom is -0.384 e. The third-order valence-corrected chi connectivity index (χ3v) is 4.24. The molecule has 4 nitrogen and oxygen atoms in total. The molecule has 0 aliphatic heterocycles. The molecular formula is C16H25N3O. The third-order valence-electron chi connectivity index (χ3n) is 4.24. The lowest BCUT2D eigenvalue weighted by Gasteiger charge is -2.42. The molecule has 0 unspecified atom stereocenters. The van der Waals surface area contributed by atoms with Gasteiger partial charge in [-0.1, -0.05) is 27.7 Å². The lowest BCUT2D eigenvalue weighted by atomic mass is 9.74. The van der Waals surface area contributed by atoms with Gasteiger partial charge in [0.2, 0.25) is 0 Å². The maximum Gasteiger partial charge on any atom is 0.251 e. The van der Waals surface area contributed by atoms with Gasteiger partial charge in [0.15, 0.2) is 0 Å². The zero-order valence-corrected chi connectivity index (χ0v) is 12.9. The Morgan fingerprint density at radius 2 is 2.05 bits per heavy atom. The van der Waals surface area contributed by atoms with Gasteiger partial charge in [-0.3, -0.25) is 4.79 Å². The number of carbonyl (C=O) groups excluding carboxylic acids is 1. The zero-order chi connectivity index (χ0) is 15.0. The molecule has 0 radical (unpaired) electrons. The summed E-state index contributed by atoms with van der Waals surface area (Å²) in [7, 11) is 0. The first-order valence-corrected chi connectivity index (χ1v) is 7.36. The van der Waals surface area contributed by atoms with Gasteiger partial charge in [0, 0.05) is 22.2 Å². The number of carbonyl (C=O) groups is 1. The number of pyridine rings is 1. The van der Waals surface area contributed by atoms with Crippen LogP contribution in [-0.2, 0) is 5.41 Å². The third kappa shape index (κ3) is 2.94. The summed E-state index contributed by atoms with van der Waals surface area (Å²) in [5.74, 6) is 0.368. The molecule has 1 aromatic heterocycles. The predicted octanol–water partition coefficient (Wildman–Crippen LogP) is 3.02. The maximum absolute atomic E-state index is 12.4. The molecule has 1 saturated carbocycles. The van der Waals surface area contributed by atoms with E-state index in [1.54, 1.807) is 6.07 Å². The first kappa shape index (κ1) is 14.8. The number of amides is 1. The molecule has 4 heteroatoms. The van der Waals surface area contributed by atoms with E-state index >= 15 is 0 Å². The fraction of sp³-hybridized carbons (Fsp3) is 0.625. The highest BCUT2D eigenvalue weighted by Gasteiger charge is 2.36. The van der Waals surface area contributed by atoms with Crippen LogP contribution in [0.1, 0.15) is 69.4 Å². The molecule has 1 aromatic rings. The lowest BCUT2D eigenvalue weighted by molar-refractivity contribution is 0.0820. The number of nitrogens with one attached hydrogen (secondary N) is 1. The van der Waals surface area contributed by atoms with Crippen LogP contribution in [0.5, 0.6) is 0 Å². The second-order valence-electron chi connectivity index (χ2n) is 6.86. The number of hydrogen-bond acceptors (Lipinski definition) is 3. The van der Waals surface area contributed by atoms with Gasteiger partial charge in [0.05, 0.1) is 0 Å². The number of nitrogens with two attached hydrogens (primary N) is 1. The normalized spacial score (nSPS) is 17.4. The number of rotatable bonds is 3. The van der Waals surface area contributed by atoms with Crippen molar-refractivity contribution in [1.82, 2.24) is 10.3 Å². The summed E-state index contributed by atoms with van der Waals surface area (Å²) in [5, 5.41) is 3.18. The van der Waals surface area contributed by atoms with Gasteiger partial charge in [0.1, 0.15) is 5.82 Å². The van der Waals surface area contributed by atoms with Gasteiger partial charge in [0.25, 0.3) is 5.91 Å². The van der Waals surface area contributed by atoms with Crippen LogP contribution in [0.15, 0.2) is 12.1 Å². The van der Waals surface area contributed by atoms with E-state index in [4.69, 9.17) is 5.73 Å². The standard InChI is InChI=1S/C16H25N3O/c1-5-16(7-6-8-16)19-14(20)11-9-12(15(2,3)4)18-13(17)10-11/h9-10H,5-8H2,1-4H3,(H2,17,18)(H,19,20). The number of nitrogens with zero attached hydrogens (tertiary/aromatic N) is 1. The van der Waals surface area contributed by atoms with Crippen LogP contribution >= 0.6 is 0 Å². The van der Waals surface area contributed by atoms with Crippen LogP contribution in [0.4, 0.5) is 5.82 Å². The SMILES string of the molecule is CCC1(NC(=O)c2cc(N)nc(C(C)(C)C)c2)CCC1. The summed E-state index contributed by atoms with van der Waals surface area (Å²) in [6.07, 6.45) is 4.31. The van der Waals surface area contributed by atoms with E-state index in [0.29, 0.717) is 11.4 Å². The van der Waals surface area contributed by atoms with Crippen molar-refractivity contribution in [3.8, 4) is 0 Å². The Morgan fingerprint density at radius 3 is 2.50 bits per heavy atom. The first-order valence-electron chi connectivity index (χ1n) is 7.36. The molecule has 3 N–H and O–H groups in total. The average molecular weight is 275 g/mol. The van der Waals surface area contributed by atoms with E-state index in [-0.39, 0.29) is 16.9 Å². The lowest BCUT2D eigenvalue weighted by Crippen LogP contribution is -2.53.